The van der Waals surface area contributed by atoms with Gasteiger partial charge < -0.3 is 5.32 Å². The quantitative estimate of drug-likeness (QED) is 0.290. The second-order valence-electron chi connectivity index (χ2n) is 7.10. The maximum Gasteiger partial charge on any atom is 0.252 e. The molecule has 0 unspecified atom stereocenters. The Morgan fingerprint density at radius 3 is 2.59 bits per heavy atom. The van der Waals surface area contributed by atoms with Crippen molar-refractivity contribution in [2.24, 2.45) is 0 Å². The number of aryl methyl sites for hydroxylation is 1. The summed E-state index contributed by atoms with van der Waals surface area (Å²) in [5.41, 5.74) is 3.69. The summed E-state index contributed by atoms with van der Waals surface area (Å²) in [6.45, 7) is 2.24. The molecular formula is C24H20BrClN4OS. The zero-order valence-corrected chi connectivity index (χ0v) is 20.4. The van der Waals surface area contributed by atoms with E-state index in [1.165, 1.54) is 5.56 Å². The minimum atomic E-state index is -0.187. The molecule has 1 amide bonds. The van der Waals surface area contributed by atoms with E-state index in [4.69, 9.17) is 11.6 Å². The van der Waals surface area contributed by atoms with Crippen molar-refractivity contribution in [1.29, 1.82) is 0 Å². The monoisotopic (exact) mass is 526 g/mol. The van der Waals surface area contributed by atoms with Crippen LogP contribution in [0.15, 0.2) is 82.4 Å². The van der Waals surface area contributed by atoms with Crippen LogP contribution in [0.5, 0.6) is 0 Å². The van der Waals surface area contributed by atoms with Gasteiger partial charge in [0.25, 0.3) is 5.91 Å². The van der Waals surface area contributed by atoms with Gasteiger partial charge in [0.1, 0.15) is 0 Å². The van der Waals surface area contributed by atoms with Crippen LogP contribution in [0.2, 0.25) is 5.02 Å². The van der Waals surface area contributed by atoms with E-state index in [9.17, 15) is 4.79 Å². The minimum Gasteiger partial charge on any atom is -0.345 e. The summed E-state index contributed by atoms with van der Waals surface area (Å²) < 4.78 is 2.71. The number of rotatable bonds is 7. The standard InChI is InChI=1S/C24H20BrClN4OS/c1-16-11-12-18(26)13-21(16)30-22(14-27-23(31)19-9-5-6-10-20(19)25)28-29-24(30)32-15-17-7-3-2-4-8-17/h2-13H,14-15H2,1H3,(H,27,31). The Bertz CT molecular complexity index is 1250. The fourth-order valence-corrected chi connectivity index (χ4v) is 4.75. The molecule has 3 aromatic carbocycles. The number of thioether (sulfide) groups is 1. The van der Waals surface area contributed by atoms with E-state index < -0.39 is 0 Å². The Labute approximate surface area is 204 Å². The van der Waals surface area contributed by atoms with E-state index in [2.05, 4.69) is 43.6 Å². The number of halogens is 2. The van der Waals surface area contributed by atoms with E-state index in [1.54, 1.807) is 17.8 Å². The summed E-state index contributed by atoms with van der Waals surface area (Å²) in [4.78, 5) is 12.7. The molecule has 0 aliphatic rings. The zero-order chi connectivity index (χ0) is 22.5. The van der Waals surface area contributed by atoms with Gasteiger partial charge in [-0.25, -0.2) is 0 Å². The molecule has 0 atom stereocenters. The van der Waals surface area contributed by atoms with E-state index in [-0.39, 0.29) is 12.5 Å². The van der Waals surface area contributed by atoms with Crippen molar-refractivity contribution < 1.29 is 4.79 Å². The smallest absolute Gasteiger partial charge is 0.252 e. The summed E-state index contributed by atoms with van der Waals surface area (Å²) in [5.74, 6) is 1.20. The highest BCUT2D eigenvalue weighted by molar-refractivity contribution is 9.10. The first-order valence-electron chi connectivity index (χ1n) is 9.93. The van der Waals surface area contributed by atoms with E-state index in [0.29, 0.717) is 16.4 Å². The van der Waals surface area contributed by atoms with Crippen LogP contribution in [0.25, 0.3) is 5.69 Å². The highest BCUT2D eigenvalue weighted by Crippen LogP contribution is 2.28. The van der Waals surface area contributed by atoms with Crippen molar-refractivity contribution >= 4 is 45.2 Å². The maximum atomic E-state index is 12.7. The van der Waals surface area contributed by atoms with Crippen LogP contribution in [-0.2, 0) is 12.3 Å². The summed E-state index contributed by atoms with van der Waals surface area (Å²) in [6.07, 6.45) is 0. The number of benzene rings is 3. The molecule has 1 heterocycles. The van der Waals surface area contributed by atoms with Gasteiger partial charge in [0, 0.05) is 15.2 Å². The number of carbonyl (C=O) groups excluding carboxylic acids is 1. The molecule has 0 saturated heterocycles. The van der Waals surface area contributed by atoms with Gasteiger partial charge in [-0.15, -0.1) is 10.2 Å². The molecule has 1 aromatic heterocycles. The van der Waals surface area contributed by atoms with Crippen LogP contribution in [0.1, 0.15) is 27.3 Å². The molecule has 4 rings (SSSR count). The average molecular weight is 528 g/mol. The Morgan fingerprint density at radius 1 is 1.06 bits per heavy atom. The lowest BCUT2D eigenvalue weighted by atomic mass is 10.2. The fourth-order valence-electron chi connectivity index (χ4n) is 3.20. The summed E-state index contributed by atoms with van der Waals surface area (Å²) in [7, 11) is 0. The van der Waals surface area contributed by atoms with Crippen LogP contribution >= 0.6 is 39.3 Å². The normalized spacial score (nSPS) is 10.8. The predicted molar refractivity (Wildman–Crippen MR) is 132 cm³/mol. The van der Waals surface area contributed by atoms with Crippen molar-refractivity contribution in [2.45, 2.75) is 24.4 Å². The average Bonchev–Trinajstić information content (AvgIpc) is 3.21. The lowest BCUT2D eigenvalue weighted by Crippen LogP contribution is -2.25. The van der Waals surface area contributed by atoms with Crippen molar-refractivity contribution in [2.75, 3.05) is 0 Å². The van der Waals surface area contributed by atoms with Gasteiger partial charge in [-0.3, -0.25) is 9.36 Å². The van der Waals surface area contributed by atoms with Gasteiger partial charge in [0.2, 0.25) is 0 Å². The van der Waals surface area contributed by atoms with E-state index in [1.807, 2.05) is 66.1 Å². The van der Waals surface area contributed by atoms with Gasteiger partial charge >= 0.3 is 0 Å². The molecular weight excluding hydrogens is 508 g/mol. The Kier molecular flexibility index (Phi) is 7.29. The molecule has 162 valence electrons. The number of aromatic nitrogens is 3. The molecule has 32 heavy (non-hydrogen) atoms. The second-order valence-corrected chi connectivity index (χ2v) is 9.34. The van der Waals surface area contributed by atoms with Gasteiger partial charge in [-0.2, -0.15) is 0 Å². The third-order valence-electron chi connectivity index (χ3n) is 4.85. The number of amides is 1. The SMILES string of the molecule is Cc1ccc(Cl)cc1-n1c(CNC(=O)c2ccccc2Br)nnc1SCc1ccccc1. The van der Waals surface area contributed by atoms with E-state index in [0.717, 1.165) is 26.6 Å². The fraction of sp³-hybridized carbons (Fsp3) is 0.125. The van der Waals surface area contributed by atoms with Crippen LogP contribution < -0.4 is 5.32 Å². The van der Waals surface area contributed by atoms with Gasteiger partial charge in [-0.1, -0.05) is 71.9 Å². The molecule has 4 aromatic rings. The van der Waals surface area contributed by atoms with Crippen molar-refractivity contribution in [3.63, 3.8) is 0 Å². The topological polar surface area (TPSA) is 59.8 Å². The molecule has 1 N–H and O–H groups in total. The Morgan fingerprint density at radius 2 is 1.81 bits per heavy atom. The molecule has 0 fully saturated rings. The Hall–Kier alpha value is -2.61. The van der Waals surface area contributed by atoms with E-state index >= 15 is 0 Å². The predicted octanol–water partition coefficient (Wildman–Crippen LogP) is 6.21. The highest BCUT2D eigenvalue weighted by atomic mass is 79.9. The second kappa shape index (κ2) is 10.3. The van der Waals surface area contributed by atoms with Crippen molar-refractivity contribution in [3.8, 4) is 5.69 Å². The maximum absolute atomic E-state index is 12.7. The lowest BCUT2D eigenvalue weighted by molar-refractivity contribution is 0.0949. The minimum absolute atomic E-state index is 0.187. The molecule has 0 bridgehead atoms. The van der Waals surface area contributed by atoms with Gasteiger partial charge in [0.05, 0.1) is 17.8 Å². The number of nitrogens with one attached hydrogen (secondary N) is 1. The van der Waals surface area contributed by atoms with Crippen LogP contribution in [0, 0.1) is 6.92 Å². The molecule has 5 nitrogen and oxygen atoms in total. The molecule has 0 aliphatic carbocycles. The number of nitrogens with zero attached hydrogens (tertiary/aromatic N) is 3. The molecule has 0 saturated carbocycles. The third-order valence-corrected chi connectivity index (χ3v) is 6.78. The first-order valence-corrected chi connectivity index (χ1v) is 12.1. The van der Waals surface area contributed by atoms with Crippen LogP contribution in [0.3, 0.4) is 0 Å². The van der Waals surface area contributed by atoms with Gasteiger partial charge in [-0.05, 0) is 58.2 Å². The van der Waals surface area contributed by atoms with Gasteiger partial charge in [0.15, 0.2) is 11.0 Å². The molecule has 0 radical (unpaired) electrons. The number of carbonyl (C=O) groups is 1. The lowest BCUT2D eigenvalue weighted by Gasteiger charge is -2.14. The van der Waals surface area contributed by atoms with Crippen LogP contribution in [0.4, 0.5) is 0 Å². The summed E-state index contributed by atoms with van der Waals surface area (Å²) in [6, 6.07) is 23.2. The number of hydrogen-bond acceptors (Lipinski definition) is 4. The largest absolute Gasteiger partial charge is 0.345 e. The summed E-state index contributed by atoms with van der Waals surface area (Å²) >= 11 is 11.3. The molecule has 8 heteroatoms. The third kappa shape index (κ3) is 5.23. The molecule has 0 spiro atoms. The molecule has 0 aliphatic heterocycles. The number of hydrogen-bond donors (Lipinski definition) is 1. The zero-order valence-electron chi connectivity index (χ0n) is 17.3. The Balaban J connectivity index is 1.63. The highest BCUT2D eigenvalue weighted by Gasteiger charge is 2.18. The first kappa shape index (κ1) is 22.6. The van der Waals surface area contributed by atoms with Crippen molar-refractivity contribution in [1.82, 2.24) is 20.1 Å². The van der Waals surface area contributed by atoms with Crippen molar-refractivity contribution in [3.05, 3.63) is 105 Å². The summed E-state index contributed by atoms with van der Waals surface area (Å²) in [5, 5.41) is 13.1. The van der Waals surface area contributed by atoms with Crippen LogP contribution in [-0.4, -0.2) is 20.7 Å². The first-order chi connectivity index (χ1) is 15.5.